The molecule has 1 saturated heterocycles. The van der Waals surface area contributed by atoms with Crippen molar-refractivity contribution in [3.8, 4) is 0 Å². The number of nitrogens with zero attached hydrogens (tertiary/aromatic N) is 1. The van der Waals surface area contributed by atoms with Crippen molar-refractivity contribution in [3.05, 3.63) is 0 Å². The van der Waals surface area contributed by atoms with Gasteiger partial charge in [-0.2, -0.15) is 0 Å². The van der Waals surface area contributed by atoms with E-state index in [2.05, 4.69) is 25.7 Å². The van der Waals surface area contributed by atoms with Crippen LogP contribution in [0.25, 0.3) is 0 Å². The fraction of sp³-hybridized carbons (Fsp3) is 1.00. The highest BCUT2D eigenvalue weighted by molar-refractivity contribution is 5.00. The van der Waals surface area contributed by atoms with Crippen molar-refractivity contribution in [3.63, 3.8) is 0 Å². The minimum absolute atomic E-state index is 0.567. The fourth-order valence-electron chi connectivity index (χ4n) is 3.63. The van der Waals surface area contributed by atoms with E-state index in [1.54, 1.807) is 0 Å². The van der Waals surface area contributed by atoms with Crippen molar-refractivity contribution < 1.29 is 0 Å². The summed E-state index contributed by atoms with van der Waals surface area (Å²) >= 11 is 0. The van der Waals surface area contributed by atoms with Gasteiger partial charge in [-0.05, 0) is 44.6 Å². The second kappa shape index (κ2) is 2.73. The molecule has 3 atom stereocenters. The SMILES string of the molecule is CCN1CC2CC(C)CC1(C)C2. The summed E-state index contributed by atoms with van der Waals surface area (Å²) in [6.07, 6.45) is 4.37. The van der Waals surface area contributed by atoms with Crippen molar-refractivity contribution in [1.82, 2.24) is 4.90 Å². The van der Waals surface area contributed by atoms with Gasteiger partial charge >= 0.3 is 0 Å². The lowest BCUT2D eigenvalue weighted by atomic mass is 9.76. The summed E-state index contributed by atoms with van der Waals surface area (Å²) in [6.45, 7) is 9.81. The van der Waals surface area contributed by atoms with E-state index in [1.165, 1.54) is 32.4 Å². The van der Waals surface area contributed by atoms with Gasteiger partial charge in [0.05, 0.1) is 0 Å². The molecular weight excluding hydrogens is 146 g/mol. The maximum Gasteiger partial charge on any atom is 0.0187 e. The van der Waals surface area contributed by atoms with Crippen LogP contribution in [0.4, 0.5) is 0 Å². The van der Waals surface area contributed by atoms with Gasteiger partial charge in [0.25, 0.3) is 0 Å². The van der Waals surface area contributed by atoms with Crippen molar-refractivity contribution in [2.75, 3.05) is 13.1 Å². The largest absolute Gasteiger partial charge is 0.298 e. The third-order valence-electron chi connectivity index (χ3n) is 3.88. The molecule has 0 aromatic carbocycles. The van der Waals surface area contributed by atoms with Crippen LogP contribution in [-0.4, -0.2) is 23.5 Å². The average molecular weight is 167 g/mol. The Bertz CT molecular complexity index is 178. The minimum atomic E-state index is 0.567. The summed E-state index contributed by atoms with van der Waals surface area (Å²) in [6, 6.07) is 0. The highest BCUT2D eigenvalue weighted by atomic mass is 15.2. The second-order valence-electron chi connectivity index (χ2n) is 5.15. The number of likely N-dealkylation sites (tertiary alicyclic amines) is 1. The molecule has 0 spiro atoms. The Labute approximate surface area is 76.1 Å². The lowest BCUT2D eigenvalue weighted by Gasteiger charge is -2.38. The quantitative estimate of drug-likeness (QED) is 0.580. The van der Waals surface area contributed by atoms with E-state index >= 15 is 0 Å². The van der Waals surface area contributed by atoms with Gasteiger partial charge in [-0.1, -0.05) is 13.8 Å². The summed E-state index contributed by atoms with van der Waals surface area (Å²) < 4.78 is 0. The van der Waals surface area contributed by atoms with Crippen LogP contribution in [0, 0.1) is 11.8 Å². The van der Waals surface area contributed by atoms with E-state index in [0.717, 1.165) is 11.8 Å². The van der Waals surface area contributed by atoms with Crippen LogP contribution in [0.2, 0.25) is 0 Å². The summed E-state index contributed by atoms with van der Waals surface area (Å²) in [5.41, 5.74) is 0.567. The Kier molecular flexibility index (Phi) is 1.95. The molecule has 2 fully saturated rings. The Balaban J connectivity index is 2.15. The van der Waals surface area contributed by atoms with Crippen LogP contribution >= 0.6 is 0 Å². The molecule has 2 aliphatic rings. The first-order valence-electron chi connectivity index (χ1n) is 5.39. The predicted molar refractivity (Wildman–Crippen MR) is 52.2 cm³/mol. The summed E-state index contributed by atoms with van der Waals surface area (Å²) in [5.74, 6) is 1.98. The van der Waals surface area contributed by atoms with Gasteiger partial charge in [0.2, 0.25) is 0 Å². The minimum Gasteiger partial charge on any atom is -0.298 e. The van der Waals surface area contributed by atoms with E-state index in [4.69, 9.17) is 0 Å². The molecule has 0 amide bonds. The average Bonchev–Trinajstić information content (AvgIpc) is 2.20. The van der Waals surface area contributed by atoms with Gasteiger partial charge in [-0.25, -0.2) is 0 Å². The standard InChI is InChI=1S/C11H21N/c1-4-12-8-10-5-9(2)6-11(12,3)7-10/h9-10H,4-8H2,1-3H3. The van der Waals surface area contributed by atoms with Gasteiger partial charge in [-0.15, -0.1) is 0 Å². The van der Waals surface area contributed by atoms with Crippen molar-refractivity contribution in [1.29, 1.82) is 0 Å². The molecule has 70 valence electrons. The van der Waals surface area contributed by atoms with Crippen molar-refractivity contribution >= 4 is 0 Å². The highest BCUT2D eigenvalue weighted by Gasteiger charge is 2.45. The van der Waals surface area contributed by atoms with E-state index in [1.807, 2.05) is 0 Å². The molecule has 1 aliphatic heterocycles. The second-order valence-corrected chi connectivity index (χ2v) is 5.15. The normalized spacial score (nSPS) is 48.2. The van der Waals surface area contributed by atoms with Crippen molar-refractivity contribution in [2.24, 2.45) is 11.8 Å². The lowest BCUT2D eigenvalue weighted by Crippen LogP contribution is -2.42. The first-order chi connectivity index (χ1) is 5.64. The zero-order valence-electron chi connectivity index (χ0n) is 8.64. The molecule has 12 heavy (non-hydrogen) atoms. The zero-order valence-corrected chi connectivity index (χ0v) is 8.64. The summed E-state index contributed by atoms with van der Waals surface area (Å²) in [4.78, 5) is 2.70. The maximum absolute atomic E-state index is 2.70. The fourth-order valence-corrected chi connectivity index (χ4v) is 3.63. The van der Waals surface area contributed by atoms with Gasteiger partial charge < -0.3 is 0 Å². The third-order valence-corrected chi connectivity index (χ3v) is 3.88. The molecule has 0 aromatic heterocycles. The molecule has 2 rings (SSSR count). The molecule has 1 aliphatic carbocycles. The van der Waals surface area contributed by atoms with Crippen LogP contribution in [0.5, 0.6) is 0 Å². The molecule has 1 saturated carbocycles. The smallest absolute Gasteiger partial charge is 0.0187 e. The topological polar surface area (TPSA) is 3.24 Å². The van der Waals surface area contributed by atoms with E-state index in [0.29, 0.717) is 5.54 Å². The predicted octanol–water partition coefficient (Wildman–Crippen LogP) is 2.52. The van der Waals surface area contributed by atoms with Crippen LogP contribution in [-0.2, 0) is 0 Å². The van der Waals surface area contributed by atoms with Crippen molar-refractivity contribution in [2.45, 2.75) is 45.6 Å². The molecule has 1 nitrogen and oxygen atoms in total. The maximum atomic E-state index is 2.70. The molecule has 0 N–H and O–H groups in total. The first kappa shape index (κ1) is 8.55. The molecule has 3 unspecified atom stereocenters. The Morgan fingerprint density at radius 3 is 2.83 bits per heavy atom. The van der Waals surface area contributed by atoms with Crippen LogP contribution in [0.15, 0.2) is 0 Å². The number of fused-ring (bicyclic) bond motifs is 2. The molecule has 1 heterocycles. The van der Waals surface area contributed by atoms with E-state index in [9.17, 15) is 0 Å². The molecule has 1 heteroatoms. The van der Waals surface area contributed by atoms with Gasteiger partial charge in [-0.3, -0.25) is 4.90 Å². The van der Waals surface area contributed by atoms with E-state index < -0.39 is 0 Å². The van der Waals surface area contributed by atoms with Crippen LogP contribution < -0.4 is 0 Å². The zero-order chi connectivity index (χ0) is 8.77. The van der Waals surface area contributed by atoms with Gasteiger partial charge in [0.15, 0.2) is 0 Å². The number of rotatable bonds is 1. The number of hydrogen-bond acceptors (Lipinski definition) is 1. The summed E-state index contributed by atoms with van der Waals surface area (Å²) in [7, 11) is 0. The summed E-state index contributed by atoms with van der Waals surface area (Å²) in [5, 5.41) is 0. The van der Waals surface area contributed by atoms with Gasteiger partial charge in [0, 0.05) is 12.1 Å². The third kappa shape index (κ3) is 1.19. The highest BCUT2D eigenvalue weighted by Crippen LogP contribution is 2.45. The van der Waals surface area contributed by atoms with Gasteiger partial charge in [0.1, 0.15) is 0 Å². The van der Waals surface area contributed by atoms with Crippen LogP contribution in [0.3, 0.4) is 0 Å². The molecule has 0 aromatic rings. The Morgan fingerprint density at radius 1 is 1.42 bits per heavy atom. The molecule has 0 radical (unpaired) electrons. The lowest BCUT2D eigenvalue weighted by molar-refractivity contribution is 0.128. The number of hydrogen-bond donors (Lipinski definition) is 0. The monoisotopic (exact) mass is 167 g/mol. The first-order valence-corrected chi connectivity index (χ1v) is 5.39. The Hall–Kier alpha value is -0.0400. The molecular formula is C11H21N. The van der Waals surface area contributed by atoms with Crippen LogP contribution in [0.1, 0.15) is 40.0 Å². The molecule has 2 bridgehead atoms. The Morgan fingerprint density at radius 2 is 2.17 bits per heavy atom. The van der Waals surface area contributed by atoms with E-state index in [-0.39, 0.29) is 0 Å².